The summed E-state index contributed by atoms with van der Waals surface area (Å²) in [5.41, 5.74) is 0.552. The fraction of sp³-hybridized carbons (Fsp3) is 0.450. The number of nitrogens with one attached hydrogen (secondary N) is 1. The van der Waals surface area contributed by atoms with Crippen molar-refractivity contribution in [1.29, 1.82) is 0 Å². The second-order valence-electron chi connectivity index (χ2n) is 7.49. The van der Waals surface area contributed by atoms with Crippen molar-refractivity contribution in [3.63, 3.8) is 0 Å². The highest BCUT2D eigenvalue weighted by Crippen LogP contribution is 2.18. The first-order valence-corrected chi connectivity index (χ1v) is 9.66. The van der Waals surface area contributed by atoms with Gasteiger partial charge in [0.25, 0.3) is 11.5 Å². The van der Waals surface area contributed by atoms with Gasteiger partial charge in [-0.2, -0.15) is 0 Å². The van der Waals surface area contributed by atoms with Crippen LogP contribution in [0.3, 0.4) is 0 Å². The van der Waals surface area contributed by atoms with Crippen LogP contribution in [0.5, 0.6) is 0 Å². The van der Waals surface area contributed by atoms with Crippen molar-refractivity contribution in [2.75, 3.05) is 20.2 Å². The number of carbonyl (C=O) groups is 3. The summed E-state index contributed by atoms with van der Waals surface area (Å²) in [5, 5.41) is 3.24. The molecular formula is C20H22N4O5. The topological polar surface area (TPSA) is 111 Å². The number of ether oxygens (including phenoxy) is 1. The summed E-state index contributed by atoms with van der Waals surface area (Å²) in [7, 11) is 1.48. The predicted molar refractivity (Wildman–Crippen MR) is 103 cm³/mol. The van der Waals surface area contributed by atoms with Gasteiger partial charge < -0.3 is 15.0 Å². The van der Waals surface area contributed by atoms with Crippen LogP contribution in [0.2, 0.25) is 0 Å². The Bertz CT molecular complexity index is 1060. The van der Waals surface area contributed by atoms with E-state index in [9.17, 15) is 19.2 Å². The average molecular weight is 398 g/mol. The Morgan fingerprint density at radius 3 is 2.86 bits per heavy atom. The molecule has 0 radical (unpaired) electrons. The Morgan fingerprint density at radius 2 is 2.10 bits per heavy atom. The number of benzene rings is 1. The van der Waals surface area contributed by atoms with Gasteiger partial charge in [0.2, 0.25) is 5.91 Å². The predicted octanol–water partition coefficient (Wildman–Crippen LogP) is 0.237. The lowest BCUT2D eigenvalue weighted by Gasteiger charge is -2.16. The summed E-state index contributed by atoms with van der Waals surface area (Å²) in [5.74, 6) is -0.666. The molecule has 0 saturated heterocycles. The van der Waals surface area contributed by atoms with E-state index >= 15 is 0 Å². The van der Waals surface area contributed by atoms with E-state index in [1.54, 1.807) is 10.6 Å². The largest absolute Gasteiger partial charge is 0.452 e. The highest BCUT2D eigenvalue weighted by molar-refractivity contribution is 5.95. The van der Waals surface area contributed by atoms with Crippen molar-refractivity contribution in [2.24, 2.45) is 0 Å². The smallest absolute Gasteiger partial charge is 0.338 e. The Hall–Kier alpha value is -3.23. The normalized spacial score (nSPS) is 15.1. The van der Waals surface area contributed by atoms with Gasteiger partial charge in [-0.1, -0.05) is 0 Å². The number of aryl methyl sites for hydroxylation is 1. The minimum absolute atomic E-state index is 0.0815. The zero-order chi connectivity index (χ0) is 20.5. The highest BCUT2D eigenvalue weighted by atomic mass is 16.5. The lowest BCUT2D eigenvalue weighted by Crippen LogP contribution is -2.40. The van der Waals surface area contributed by atoms with Crippen LogP contribution in [0.4, 0.5) is 0 Å². The quantitative estimate of drug-likeness (QED) is 0.698. The van der Waals surface area contributed by atoms with Gasteiger partial charge in [0.15, 0.2) is 6.61 Å². The van der Waals surface area contributed by atoms with Crippen molar-refractivity contribution >= 4 is 28.7 Å². The van der Waals surface area contributed by atoms with E-state index in [2.05, 4.69) is 10.3 Å². The SMILES string of the molecule is CN(CC(=O)NC1CC1)C(=O)COC(=O)c1ccc2c(=O)n3c(nc2c1)CCC3. The van der Waals surface area contributed by atoms with Gasteiger partial charge in [-0.15, -0.1) is 0 Å². The van der Waals surface area contributed by atoms with E-state index in [0.717, 1.165) is 25.7 Å². The monoisotopic (exact) mass is 398 g/mol. The summed E-state index contributed by atoms with van der Waals surface area (Å²) in [6, 6.07) is 4.78. The maximum atomic E-state index is 12.5. The second kappa shape index (κ2) is 7.65. The number of hydrogen-bond acceptors (Lipinski definition) is 6. The molecule has 2 amide bonds. The molecule has 1 fully saturated rings. The summed E-state index contributed by atoms with van der Waals surface area (Å²) >= 11 is 0. The van der Waals surface area contributed by atoms with Gasteiger partial charge in [-0.25, -0.2) is 9.78 Å². The first kappa shape index (κ1) is 19.1. The summed E-state index contributed by atoms with van der Waals surface area (Å²) in [4.78, 5) is 54.4. The van der Waals surface area contributed by atoms with Crippen LogP contribution in [0.25, 0.3) is 10.9 Å². The Kier molecular flexibility index (Phi) is 5.04. The molecule has 1 aliphatic carbocycles. The molecule has 0 spiro atoms. The molecule has 9 nitrogen and oxygen atoms in total. The third kappa shape index (κ3) is 4.13. The molecule has 1 saturated carbocycles. The highest BCUT2D eigenvalue weighted by Gasteiger charge is 2.24. The lowest BCUT2D eigenvalue weighted by molar-refractivity contribution is -0.137. The molecule has 1 aromatic heterocycles. The third-order valence-corrected chi connectivity index (χ3v) is 5.13. The van der Waals surface area contributed by atoms with Crippen molar-refractivity contribution in [1.82, 2.24) is 19.8 Å². The first-order valence-electron chi connectivity index (χ1n) is 9.66. The molecule has 9 heteroatoms. The number of nitrogens with zero attached hydrogens (tertiary/aromatic N) is 3. The molecule has 1 N–H and O–H groups in total. The minimum Gasteiger partial charge on any atom is -0.452 e. The molecule has 0 atom stereocenters. The maximum absolute atomic E-state index is 12.5. The van der Waals surface area contributed by atoms with Crippen LogP contribution in [-0.2, 0) is 27.3 Å². The van der Waals surface area contributed by atoms with Gasteiger partial charge in [0.1, 0.15) is 5.82 Å². The molecule has 2 aromatic rings. The second-order valence-corrected chi connectivity index (χ2v) is 7.49. The number of hydrogen-bond donors (Lipinski definition) is 1. The molecule has 2 heterocycles. The van der Waals surface area contributed by atoms with Crippen LogP contribution in [0.15, 0.2) is 23.0 Å². The number of fused-ring (bicyclic) bond motifs is 2. The van der Waals surface area contributed by atoms with Gasteiger partial charge in [0.05, 0.1) is 23.0 Å². The van der Waals surface area contributed by atoms with Crippen LogP contribution in [0, 0.1) is 0 Å². The zero-order valence-corrected chi connectivity index (χ0v) is 16.1. The number of amides is 2. The molecule has 4 rings (SSSR count). The summed E-state index contributed by atoms with van der Waals surface area (Å²) in [6.07, 6.45) is 3.55. The van der Waals surface area contributed by atoms with Gasteiger partial charge >= 0.3 is 5.97 Å². The molecular weight excluding hydrogens is 376 g/mol. The minimum atomic E-state index is -0.682. The molecule has 0 bridgehead atoms. The van der Waals surface area contributed by atoms with E-state index < -0.39 is 18.5 Å². The number of likely N-dealkylation sites (N-methyl/N-ethyl adjacent to an activating group) is 1. The number of rotatable bonds is 6. The van der Waals surface area contributed by atoms with E-state index in [1.165, 1.54) is 24.1 Å². The van der Waals surface area contributed by atoms with E-state index in [1.807, 2.05) is 0 Å². The van der Waals surface area contributed by atoms with Crippen LogP contribution >= 0.6 is 0 Å². The third-order valence-electron chi connectivity index (χ3n) is 5.13. The van der Waals surface area contributed by atoms with E-state index in [4.69, 9.17) is 4.74 Å². The van der Waals surface area contributed by atoms with E-state index in [-0.39, 0.29) is 29.6 Å². The maximum Gasteiger partial charge on any atom is 0.338 e. The number of carbonyl (C=O) groups excluding carboxylic acids is 3. The van der Waals surface area contributed by atoms with Crippen molar-refractivity contribution in [2.45, 2.75) is 38.3 Å². The van der Waals surface area contributed by atoms with Gasteiger partial charge in [0, 0.05) is 26.1 Å². The first-order chi connectivity index (χ1) is 13.9. The molecule has 29 heavy (non-hydrogen) atoms. The van der Waals surface area contributed by atoms with Gasteiger partial charge in [-0.05, 0) is 37.5 Å². The number of esters is 1. The molecule has 1 aromatic carbocycles. The van der Waals surface area contributed by atoms with Crippen molar-refractivity contribution < 1.29 is 19.1 Å². The van der Waals surface area contributed by atoms with Gasteiger partial charge in [-0.3, -0.25) is 19.0 Å². The Balaban J connectivity index is 1.38. The van der Waals surface area contributed by atoms with Crippen molar-refractivity contribution in [3.8, 4) is 0 Å². The summed E-state index contributed by atoms with van der Waals surface area (Å²) in [6.45, 7) is 0.112. The van der Waals surface area contributed by atoms with Crippen LogP contribution in [-0.4, -0.2) is 58.5 Å². The fourth-order valence-corrected chi connectivity index (χ4v) is 3.34. The van der Waals surface area contributed by atoms with E-state index in [0.29, 0.717) is 23.3 Å². The van der Waals surface area contributed by atoms with Crippen molar-refractivity contribution in [3.05, 3.63) is 39.9 Å². The molecule has 0 unspecified atom stereocenters. The zero-order valence-electron chi connectivity index (χ0n) is 16.1. The van der Waals surface area contributed by atoms with Crippen LogP contribution in [0.1, 0.15) is 35.4 Å². The lowest BCUT2D eigenvalue weighted by atomic mass is 10.1. The molecule has 1 aliphatic heterocycles. The molecule has 2 aliphatic rings. The average Bonchev–Trinajstić information content (AvgIpc) is 3.38. The Morgan fingerprint density at radius 1 is 1.31 bits per heavy atom. The van der Waals surface area contributed by atoms with Crippen LogP contribution < -0.4 is 10.9 Å². The molecule has 152 valence electrons. The fourth-order valence-electron chi connectivity index (χ4n) is 3.34. The standard InChI is InChI=1S/C20H22N4O5/c1-23(10-17(25)21-13-5-6-13)18(26)11-29-20(28)12-4-7-14-15(9-12)22-16-3-2-8-24(16)19(14)27/h4,7,9,13H,2-3,5-6,8,10-11H2,1H3,(H,21,25). The Labute approximate surface area is 166 Å². The number of aromatic nitrogens is 2. The summed E-state index contributed by atoms with van der Waals surface area (Å²) < 4.78 is 6.75.